The smallest absolute Gasteiger partial charge is 0.384 e. The van der Waals surface area contributed by atoms with Crippen LogP contribution in [0.4, 0.5) is 26.3 Å². The van der Waals surface area contributed by atoms with Crippen LogP contribution >= 0.6 is 37.0 Å². The maximum Gasteiger partial charge on any atom is 0.414 e. The van der Waals surface area contributed by atoms with Gasteiger partial charge in [0.15, 0.2) is 19.3 Å². The Morgan fingerprint density at radius 2 is 1.13 bits per heavy atom. The molecule has 2 heterocycles. The summed E-state index contributed by atoms with van der Waals surface area (Å²) >= 11 is 3.22. The van der Waals surface area contributed by atoms with Gasteiger partial charge in [0.2, 0.25) is 0 Å². The van der Waals surface area contributed by atoms with Crippen LogP contribution < -0.4 is 9.24 Å². The first-order valence-corrected chi connectivity index (χ1v) is 18.0. The number of aliphatic hydroxyl groups is 2. The third-order valence-electron chi connectivity index (χ3n) is 5.66. The molecule has 15 heteroatoms. The van der Waals surface area contributed by atoms with Crippen molar-refractivity contribution in [2.75, 3.05) is 18.2 Å². The van der Waals surface area contributed by atoms with Gasteiger partial charge in [-0.05, 0) is 51.0 Å². The SMILES string of the molecule is CCCCP(=O)(CCCC)CP(=O)(c1ccc(C)s1)c1ccc(C)s1.OC(CC(O)C(F)(F)F)C(F)(F)F.[Eu]. The average molecular weight is 781 g/mol. The van der Waals surface area contributed by atoms with Gasteiger partial charge in [-0.15, -0.1) is 22.7 Å². The summed E-state index contributed by atoms with van der Waals surface area (Å²) < 4.78 is 98.7. The quantitative estimate of drug-likeness (QED) is 0.170. The Hall–Kier alpha value is 0.944. The Morgan fingerprint density at radius 3 is 1.38 bits per heavy atom. The van der Waals surface area contributed by atoms with Crippen molar-refractivity contribution in [3.8, 4) is 0 Å². The first-order chi connectivity index (χ1) is 17.4. The fourth-order valence-corrected chi connectivity index (χ4v) is 16.5. The molecular weight excluding hydrogens is 744 g/mol. The summed E-state index contributed by atoms with van der Waals surface area (Å²) in [7, 11) is -5.25. The van der Waals surface area contributed by atoms with E-state index in [1.165, 1.54) is 9.75 Å². The Labute approximate surface area is 275 Å². The van der Waals surface area contributed by atoms with Crippen LogP contribution in [0.2, 0.25) is 0 Å². The number of rotatable bonds is 12. The molecule has 0 spiro atoms. The molecule has 0 aliphatic carbocycles. The van der Waals surface area contributed by atoms with Crippen molar-refractivity contribution in [2.24, 2.45) is 0 Å². The maximum atomic E-state index is 14.2. The van der Waals surface area contributed by atoms with E-state index in [1.54, 1.807) is 22.7 Å². The van der Waals surface area contributed by atoms with Gasteiger partial charge in [-0.25, -0.2) is 0 Å². The van der Waals surface area contributed by atoms with Crippen LogP contribution in [0.25, 0.3) is 0 Å². The molecule has 2 aromatic heterocycles. The molecule has 0 amide bonds. The standard InChI is InChI=1S/C19H30O2P2S2.C5H6F6O2.Eu/c1-5-7-13-22(20,14-8-6-2)15-23(21,18-11-9-16(3)24-18)19-12-10-17(4)25-19;6-4(7,8)2(12)1-3(13)5(9,10)11;/h9-12H,5-8,13-15H2,1-4H3;2-3,12-13H,1H2;. The molecule has 0 bridgehead atoms. The summed E-state index contributed by atoms with van der Waals surface area (Å²) in [5, 5.41) is 16.3. The second kappa shape index (κ2) is 17.3. The number of unbranched alkanes of at least 4 members (excludes halogenated alkanes) is 2. The summed E-state index contributed by atoms with van der Waals surface area (Å²) in [6, 6.07) is 8.08. The van der Waals surface area contributed by atoms with Crippen LogP contribution in [0, 0.1) is 63.2 Å². The van der Waals surface area contributed by atoms with E-state index in [-0.39, 0.29) is 49.4 Å². The number of aliphatic hydroxyl groups excluding tert-OH is 2. The Morgan fingerprint density at radius 1 is 0.769 bits per heavy atom. The maximum absolute atomic E-state index is 14.2. The molecule has 2 aromatic rings. The van der Waals surface area contributed by atoms with Gasteiger partial charge in [-0.2, -0.15) is 26.3 Å². The fraction of sp³-hybridized carbons (Fsp3) is 0.667. The van der Waals surface area contributed by atoms with Crippen molar-refractivity contribution in [3.05, 3.63) is 34.0 Å². The minimum atomic E-state index is -5.15. The minimum Gasteiger partial charge on any atom is -0.384 e. The van der Waals surface area contributed by atoms with Gasteiger partial charge >= 0.3 is 12.4 Å². The summed E-state index contributed by atoms with van der Waals surface area (Å²) in [6.45, 7) is 8.36. The molecule has 227 valence electrons. The molecule has 1 radical (unpaired) electrons. The zero-order valence-electron chi connectivity index (χ0n) is 22.2. The third-order valence-corrected chi connectivity index (χ3v) is 17.2. The van der Waals surface area contributed by atoms with E-state index in [0.717, 1.165) is 47.2 Å². The van der Waals surface area contributed by atoms with Gasteiger partial charge in [0.1, 0.15) is 0 Å². The minimum absolute atomic E-state index is 0. The van der Waals surface area contributed by atoms with Gasteiger partial charge in [0.05, 0.1) is 22.3 Å². The van der Waals surface area contributed by atoms with Crippen molar-refractivity contribution in [1.82, 2.24) is 0 Å². The predicted octanol–water partition coefficient (Wildman–Crippen LogP) is 7.88. The first kappa shape index (κ1) is 39.9. The van der Waals surface area contributed by atoms with Gasteiger partial charge in [-0.1, -0.05) is 26.7 Å². The van der Waals surface area contributed by atoms with Gasteiger partial charge in [0.25, 0.3) is 0 Å². The fourth-order valence-electron chi connectivity index (χ4n) is 3.47. The molecule has 0 aliphatic rings. The van der Waals surface area contributed by atoms with Gasteiger partial charge in [-0.3, -0.25) is 0 Å². The molecule has 0 saturated carbocycles. The second-order valence-electron chi connectivity index (χ2n) is 9.21. The normalized spacial score (nSPS) is 14.3. The zero-order chi connectivity index (χ0) is 29.4. The number of hydrogen-bond donors (Lipinski definition) is 2. The Bertz CT molecular complexity index is 1010. The van der Waals surface area contributed by atoms with Crippen molar-refractivity contribution in [3.63, 3.8) is 0 Å². The molecule has 39 heavy (non-hydrogen) atoms. The van der Waals surface area contributed by atoms with Crippen LogP contribution in [0.5, 0.6) is 0 Å². The number of hydrogen-bond acceptors (Lipinski definition) is 6. The third kappa shape index (κ3) is 13.4. The summed E-state index contributed by atoms with van der Waals surface area (Å²) in [5.41, 5.74) is 0. The zero-order valence-corrected chi connectivity index (χ0v) is 28.0. The summed E-state index contributed by atoms with van der Waals surface area (Å²) in [6.07, 6.45) is -12.9. The van der Waals surface area contributed by atoms with E-state index in [0.29, 0.717) is 5.90 Å². The van der Waals surface area contributed by atoms with E-state index >= 15 is 0 Å². The number of alkyl halides is 6. The molecule has 2 unspecified atom stereocenters. The van der Waals surface area contributed by atoms with Gasteiger partial charge < -0.3 is 19.3 Å². The van der Waals surface area contributed by atoms with Crippen LogP contribution in [0.15, 0.2) is 24.3 Å². The molecule has 2 atom stereocenters. The van der Waals surface area contributed by atoms with Crippen molar-refractivity contribution in [2.45, 2.75) is 84.4 Å². The number of aryl methyl sites for hydroxylation is 2. The predicted molar refractivity (Wildman–Crippen MR) is 146 cm³/mol. The van der Waals surface area contributed by atoms with E-state index in [4.69, 9.17) is 10.2 Å². The molecule has 0 aromatic carbocycles. The second-order valence-corrected chi connectivity index (χ2v) is 19.0. The Balaban J connectivity index is 0.000000881. The van der Waals surface area contributed by atoms with Crippen LogP contribution in [0.1, 0.15) is 55.7 Å². The molecule has 0 fully saturated rings. The molecule has 0 saturated heterocycles. The number of halogens is 6. The molecule has 2 N–H and O–H groups in total. The van der Waals surface area contributed by atoms with Crippen molar-refractivity contribution < 1.29 is 95.1 Å². The van der Waals surface area contributed by atoms with Crippen LogP contribution in [-0.4, -0.2) is 53.0 Å². The van der Waals surface area contributed by atoms with E-state index in [9.17, 15) is 35.5 Å². The van der Waals surface area contributed by atoms with Crippen molar-refractivity contribution >= 4 is 46.2 Å². The molecule has 2 rings (SSSR count). The summed E-state index contributed by atoms with van der Waals surface area (Å²) in [4.78, 5) is 2.33. The first-order valence-electron chi connectivity index (χ1n) is 12.2. The van der Waals surface area contributed by atoms with Gasteiger partial charge in [0, 0.05) is 77.9 Å². The van der Waals surface area contributed by atoms with Crippen LogP contribution in [-0.2, 0) is 9.13 Å². The number of thiophene rings is 2. The molecule has 4 nitrogen and oxygen atoms in total. The summed E-state index contributed by atoms with van der Waals surface area (Å²) in [5.74, 6) is 0.375. The van der Waals surface area contributed by atoms with Crippen molar-refractivity contribution in [1.29, 1.82) is 0 Å². The van der Waals surface area contributed by atoms with E-state index < -0.39 is 45.3 Å². The van der Waals surface area contributed by atoms with Crippen LogP contribution in [0.3, 0.4) is 0 Å². The average Bonchev–Trinajstić information content (AvgIpc) is 3.44. The molecule has 0 aliphatic heterocycles. The van der Waals surface area contributed by atoms with E-state index in [2.05, 4.69) is 13.8 Å². The largest absolute Gasteiger partial charge is 0.414 e. The monoisotopic (exact) mass is 781 g/mol. The Kier molecular flexibility index (Phi) is 17.7. The topological polar surface area (TPSA) is 74.6 Å². The molecular formula is C24H36EuF6O4P2S2. The van der Waals surface area contributed by atoms with E-state index in [1.807, 2.05) is 38.1 Å².